The average Bonchev–Trinajstić information content (AvgIpc) is 3.09. The van der Waals surface area contributed by atoms with Crippen LogP contribution >= 0.6 is 12.2 Å². The number of rotatable bonds is 7. The SMILES string of the molecule is CCCc1[nH]c2cccc3c2c1C[C@@H]1[C@@H]3C[C@H](NC(=S)N(CC)CC)CN1CCC. The molecule has 1 aromatic carbocycles. The predicted octanol–water partition coefficient (Wildman–Crippen LogP) is 4.83. The summed E-state index contributed by atoms with van der Waals surface area (Å²) in [7, 11) is 0. The first-order chi connectivity index (χ1) is 14.6. The summed E-state index contributed by atoms with van der Waals surface area (Å²) >= 11 is 5.76. The lowest BCUT2D eigenvalue weighted by Gasteiger charge is -2.48. The zero-order valence-electron chi connectivity index (χ0n) is 19.1. The Kier molecular flexibility index (Phi) is 6.69. The van der Waals surface area contributed by atoms with Crippen molar-refractivity contribution in [3.05, 3.63) is 35.0 Å². The van der Waals surface area contributed by atoms with E-state index in [9.17, 15) is 0 Å². The third kappa shape index (κ3) is 3.87. The van der Waals surface area contributed by atoms with E-state index in [-0.39, 0.29) is 0 Å². The van der Waals surface area contributed by atoms with Crippen molar-refractivity contribution in [3.8, 4) is 0 Å². The monoisotopic (exact) mass is 426 g/mol. The molecule has 1 saturated heterocycles. The average molecular weight is 427 g/mol. The highest BCUT2D eigenvalue weighted by molar-refractivity contribution is 7.80. The van der Waals surface area contributed by atoms with Crippen LogP contribution in [0.1, 0.15) is 69.7 Å². The molecule has 1 aliphatic heterocycles. The summed E-state index contributed by atoms with van der Waals surface area (Å²) in [6.07, 6.45) is 5.89. The molecule has 4 nitrogen and oxygen atoms in total. The van der Waals surface area contributed by atoms with Crippen LogP contribution in [0.3, 0.4) is 0 Å². The van der Waals surface area contributed by atoms with Crippen LogP contribution in [0.4, 0.5) is 0 Å². The van der Waals surface area contributed by atoms with Crippen LogP contribution in [0.25, 0.3) is 10.9 Å². The number of thiocarbonyl (C=S) groups is 1. The maximum absolute atomic E-state index is 5.76. The van der Waals surface area contributed by atoms with Crippen molar-refractivity contribution >= 4 is 28.2 Å². The fraction of sp³-hybridized carbons (Fsp3) is 0.640. The van der Waals surface area contributed by atoms with Gasteiger partial charge in [-0.05, 0) is 75.5 Å². The molecule has 5 heteroatoms. The molecule has 0 unspecified atom stereocenters. The zero-order chi connectivity index (χ0) is 21.3. The molecule has 3 atom stereocenters. The summed E-state index contributed by atoms with van der Waals surface area (Å²) in [6, 6.07) is 7.92. The number of H-pyrrole nitrogens is 1. The van der Waals surface area contributed by atoms with Crippen molar-refractivity contribution in [2.24, 2.45) is 0 Å². The summed E-state index contributed by atoms with van der Waals surface area (Å²) in [5, 5.41) is 6.17. The predicted molar refractivity (Wildman–Crippen MR) is 131 cm³/mol. The molecule has 2 heterocycles. The van der Waals surface area contributed by atoms with E-state index in [1.54, 1.807) is 11.1 Å². The van der Waals surface area contributed by atoms with Crippen LogP contribution in [-0.4, -0.2) is 58.2 Å². The Morgan fingerprint density at radius 1 is 1.20 bits per heavy atom. The van der Waals surface area contributed by atoms with Gasteiger partial charge in [-0.25, -0.2) is 0 Å². The van der Waals surface area contributed by atoms with Crippen molar-refractivity contribution in [1.82, 2.24) is 20.1 Å². The van der Waals surface area contributed by atoms with Crippen molar-refractivity contribution in [1.29, 1.82) is 0 Å². The van der Waals surface area contributed by atoms with E-state index in [0.29, 0.717) is 18.0 Å². The molecule has 0 saturated carbocycles. The Morgan fingerprint density at radius 2 is 2.00 bits per heavy atom. The van der Waals surface area contributed by atoms with Gasteiger partial charge in [0.15, 0.2) is 5.11 Å². The number of hydrogen-bond acceptors (Lipinski definition) is 2. The highest BCUT2D eigenvalue weighted by atomic mass is 32.1. The molecule has 30 heavy (non-hydrogen) atoms. The van der Waals surface area contributed by atoms with Crippen LogP contribution in [-0.2, 0) is 12.8 Å². The van der Waals surface area contributed by atoms with Gasteiger partial charge in [-0.1, -0.05) is 32.4 Å². The smallest absolute Gasteiger partial charge is 0.169 e. The minimum absolute atomic E-state index is 0.414. The van der Waals surface area contributed by atoms with E-state index in [1.807, 2.05) is 0 Å². The number of benzene rings is 1. The highest BCUT2D eigenvalue weighted by Crippen LogP contribution is 2.44. The number of nitrogens with zero attached hydrogens (tertiary/aromatic N) is 2. The van der Waals surface area contributed by atoms with E-state index in [2.05, 4.69) is 66.0 Å². The van der Waals surface area contributed by atoms with Crippen molar-refractivity contribution in [2.45, 2.75) is 77.8 Å². The van der Waals surface area contributed by atoms with Crippen molar-refractivity contribution in [2.75, 3.05) is 26.2 Å². The number of aromatic amines is 1. The number of aryl methyl sites for hydroxylation is 1. The molecular weight excluding hydrogens is 388 g/mol. The third-order valence-corrected chi connectivity index (χ3v) is 7.55. The Morgan fingerprint density at radius 3 is 2.70 bits per heavy atom. The molecule has 0 spiro atoms. The van der Waals surface area contributed by atoms with Crippen LogP contribution in [0, 0.1) is 0 Å². The zero-order valence-corrected chi connectivity index (χ0v) is 19.9. The minimum atomic E-state index is 0.414. The standard InChI is InChI=1S/C25H38N4S/c1-5-10-21-20-15-23-19(18-11-9-12-22(27-21)24(18)20)14-17(16-29(23)13-6-2)26-25(30)28(7-3)8-4/h9,11-12,17,19,23,27H,5-8,10,13-16H2,1-4H3,(H,26,30)/t17-,19+,23+/m0/s1. The van der Waals surface area contributed by atoms with E-state index < -0.39 is 0 Å². The number of nitrogens with one attached hydrogen (secondary N) is 2. The molecule has 2 aromatic rings. The van der Waals surface area contributed by atoms with Gasteiger partial charge >= 0.3 is 0 Å². The second-order valence-corrected chi connectivity index (χ2v) is 9.42. The molecule has 164 valence electrons. The van der Waals surface area contributed by atoms with E-state index in [4.69, 9.17) is 12.2 Å². The third-order valence-electron chi connectivity index (χ3n) is 7.18. The maximum atomic E-state index is 5.76. The number of fused-ring (bicyclic) bond motifs is 2. The normalized spacial score (nSPS) is 23.4. The molecule has 1 fully saturated rings. The molecule has 1 aromatic heterocycles. The first-order valence-corrected chi connectivity index (χ1v) is 12.4. The van der Waals surface area contributed by atoms with Gasteiger partial charge in [-0.15, -0.1) is 0 Å². The van der Waals surface area contributed by atoms with Gasteiger partial charge in [-0.3, -0.25) is 4.90 Å². The summed E-state index contributed by atoms with van der Waals surface area (Å²) in [6.45, 7) is 13.1. The van der Waals surface area contributed by atoms with Gasteiger partial charge in [-0.2, -0.15) is 0 Å². The molecule has 1 aliphatic carbocycles. The number of aromatic nitrogens is 1. The van der Waals surface area contributed by atoms with Crippen LogP contribution in [0.2, 0.25) is 0 Å². The van der Waals surface area contributed by atoms with Crippen LogP contribution < -0.4 is 5.32 Å². The molecule has 4 rings (SSSR count). The fourth-order valence-electron chi connectivity index (χ4n) is 5.85. The molecule has 0 radical (unpaired) electrons. The van der Waals surface area contributed by atoms with Gasteiger partial charge in [0, 0.05) is 54.2 Å². The van der Waals surface area contributed by atoms with E-state index in [1.165, 1.54) is 42.3 Å². The number of piperidine rings is 1. The molecular formula is C25H38N4S. The van der Waals surface area contributed by atoms with E-state index >= 15 is 0 Å². The lowest BCUT2D eigenvalue weighted by Crippen LogP contribution is -2.57. The summed E-state index contributed by atoms with van der Waals surface area (Å²) in [5.41, 5.74) is 5.95. The van der Waals surface area contributed by atoms with Crippen molar-refractivity contribution in [3.63, 3.8) is 0 Å². The Labute approximate surface area is 187 Å². The molecule has 2 N–H and O–H groups in total. The maximum Gasteiger partial charge on any atom is 0.169 e. The highest BCUT2D eigenvalue weighted by Gasteiger charge is 2.41. The molecule has 2 aliphatic rings. The number of hydrogen-bond donors (Lipinski definition) is 2. The second-order valence-electron chi connectivity index (χ2n) is 9.03. The fourth-order valence-corrected chi connectivity index (χ4v) is 6.27. The Balaban J connectivity index is 1.67. The first kappa shape index (κ1) is 21.6. The summed E-state index contributed by atoms with van der Waals surface area (Å²) in [5.74, 6) is 0.573. The molecule has 0 bridgehead atoms. The van der Waals surface area contributed by atoms with Gasteiger partial charge in [0.25, 0.3) is 0 Å². The quantitative estimate of drug-likeness (QED) is 0.622. The van der Waals surface area contributed by atoms with E-state index in [0.717, 1.165) is 37.7 Å². The second kappa shape index (κ2) is 9.27. The Bertz CT molecular complexity index is 885. The van der Waals surface area contributed by atoms with Gasteiger partial charge in [0.1, 0.15) is 0 Å². The lowest BCUT2D eigenvalue weighted by atomic mass is 9.73. The van der Waals surface area contributed by atoms with Gasteiger partial charge in [0.05, 0.1) is 0 Å². The van der Waals surface area contributed by atoms with Crippen LogP contribution in [0.5, 0.6) is 0 Å². The largest absolute Gasteiger partial charge is 0.359 e. The molecule has 0 amide bonds. The Hall–Kier alpha value is -1.59. The topological polar surface area (TPSA) is 34.3 Å². The number of likely N-dealkylation sites (tertiary alicyclic amines) is 1. The first-order valence-electron chi connectivity index (χ1n) is 12.0. The summed E-state index contributed by atoms with van der Waals surface area (Å²) in [4.78, 5) is 8.77. The van der Waals surface area contributed by atoms with Crippen LogP contribution in [0.15, 0.2) is 18.2 Å². The lowest BCUT2D eigenvalue weighted by molar-refractivity contribution is 0.104. The minimum Gasteiger partial charge on any atom is -0.359 e. The summed E-state index contributed by atoms with van der Waals surface area (Å²) < 4.78 is 0. The van der Waals surface area contributed by atoms with Crippen molar-refractivity contribution < 1.29 is 0 Å². The van der Waals surface area contributed by atoms with Gasteiger partial charge < -0.3 is 15.2 Å². The van der Waals surface area contributed by atoms with Gasteiger partial charge in [0.2, 0.25) is 0 Å².